The van der Waals surface area contributed by atoms with Gasteiger partial charge in [-0.25, -0.2) is 0 Å². The summed E-state index contributed by atoms with van der Waals surface area (Å²) in [6.45, 7) is 3.83. The number of phenolic OH excluding ortho intramolecular Hbond substituents is 2. The number of benzene rings is 1. The summed E-state index contributed by atoms with van der Waals surface area (Å²) < 4.78 is 0. The number of carbonyl (C=O) groups is 1. The van der Waals surface area contributed by atoms with E-state index in [1.165, 1.54) is 18.2 Å². The smallest absolute Gasteiger partial charge is 0.176 e. The second-order valence-electron chi connectivity index (χ2n) is 5.11. The molecule has 1 aromatic rings. The predicted molar refractivity (Wildman–Crippen MR) is 67.9 cm³/mol. The number of aromatic hydroxyl groups is 2. The molecule has 0 aromatic heterocycles. The summed E-state index contributed by atoms with van der Waals surface area (Å²) in [5.41, 5.74) is -0.542. The summed E-state index contributed by atoms with van der Waals surface area (Å²) >= 11 is 0. The molecular weight excluding hydrogens is 234 g/mol. The first-order valence-corrected chi connectivity index (χ1v) is 5.65. The van der Waals surface area contributed by atoms with E-state index in [1.807, 2.05) is 0 Å². The van der Waals surface area contributed by atoms with Gasteiger partial charge in [-0.15, -0.1) is 0 Å². The Balaban J connectivity index is 2.68. The molecule has 18 heavy (non-hydrogen) atoms. The lowest BCUT2D eigenvalue weighted by Crippen LogP contribution is -2.38. The fourth-order valence-electron chi connectivity index (χ4n) is 1.75. The van der Waals surface area contributed by atoms with Crippen LogP contribution in [0.1, 0.15) is 24.2 Å². The number of likely N-dealkylation sites (N-methyl/N-ethyl adjacent to an activating group) is 1. The molecule has 0 saturated carbocycles. The second kappa shape index (κ2) is 5.37. The topological polar surface area (TPSA) is 81.0 Å². The number of aliphatic hydroxyl groups is 1. The lowest BCUT2D eigenvalue weighted by atomic mass is 10.1. The molecule has 1 aromatic carbocycles. The van der Waals surface area contributed by atoms with E-state index in [9.17, 15) is 15.0 Å². The monoisotopic (exact) mass is 253 g/mol. The van der Waals surface area contributed by atoms with Gasteiger partial charge in [0.15, 0.2) is 17.3 Å². The molecule has 0 atom stereocenters. The highest BCUT2D eigenvalue weighted by atomic mass is 16.3. The molecule has 0 aliphatic heterocycles. The molecule has 0 aliphatic rings. The van der Waals surface area contributed by atoms with Crippen molar-refractivity contribution in [1.29, 1.82) is 0 Å². The van der Waals surface area contributed by atoms with Gasteiger partial charge < -0.3 is 15.3 Å². The molecule has 0 unspecified atom stereocenters. The summed E-state index contributed by atoms with van der Waals surface area (Å²) in [4.78, 5) is 13.6. The van der Waals surface area contributed by atoms with Crippen molar-refractivity contribution in [2.75, 3.05) is 20.1 Å². The number of hydrogen-bond acceptors (Lipinski definition) is 5. The number of carbonyl (C=O) groups excluding carboxylic acids is 1. The normalized spacial score (nSPS) is 11.8. The van der Waals surface area contributed by atoms with Gasteiger partial charge >= 0.3 is 0 Å². The predicted octanol–water partition coefficient (Wildman–Crippen LogP) is 0.983. The lowest BCUT2D eigenvalue weighted by molar-refractivity contribution is 0.0439. The third-order valence-electron chi connectivity index (χ3n) is 2.37. The molecule has 5 nitrogen and oxygen atoms in total. The molecule has 0 heterocycles. The van der Waals surface area contributed by atoms with Crippen molar-refractivity contribution in [3.8, 4) is 11.5 Å². The Labute approximate surface area is 106 Å². The van der Waals surface area contributed by atoms with E-state index < -0.39 is 5.60 Å². The van der Waals surface area contributed by atoms with Crippen molar-refractivity contribution < 1.29 is 20.1 Å². The van der Waals surface area contributed by atoms with Crippen molar-refractivity contribution in [2.24, 2.45) is 0 Å². The molecular formula is C13H19NO4. The molecule has 0 fully saturated rings. The Morgan fingerprint density at radius 3 is 2.39 bits per heavy atom. The average Bonchev–Trinajstić information content (AvgIpc) is 2.18. The molecule has 0 amide bonds. The molecule has 0 spiro atoms. The third kappa shape index (κ3) is 4.35. The quantitative estimate of drug-likeness (QED) is 0.538. The SMILES string of the molecule is CN(CC(=O)c1ccc(O)c(O)c1)CC(C)(C)O. The molecule has 3 N–H and O–H groups in total. The lowest BCUT2D eigenvalue weighted by Gasteiger charge is -2.24. The van der Waals surface area contributed by atoms with E-state index in [4.69, 9.17) is 5.11 Å². The highest BCUT2D eigenvalue weighted by Crippen LogP contribution is 2.25. The van der Waals surface area contributed by atoms with Crippen LogP contribution in [0.2, 0.25) is 0 Å². The molecule has 0 bridgehead atoms. The molecule has 5 heteroatoms. The summed E-state index contributed by atoms with van der Waals surface area (Å²) in [7, 11) is 1.73. The minimum Gasteiger partial charge on any atom is -0.504 e. The van der Waals surface area contributed by atoms with Crippen molar-refractivity contribution in [3.63, 3.8) is 0 Å². The van der Waals surface area contributed by atoms with Gasteiger partial charge in [0.25, 0.3) is 0 Å². The Kier molecular flexibility index (Phi) is 4.32. The number of Topliss-reactive ketones (excluding diaryl/α,β-unsaturated/α-hetero) is 1. The summed E-state index contributed by atoms with van der Waals surface area (Å²) in [6.07, 6.45) is 0. The third-order valence-corrected chi connectivity index (χ3v) is 2.37. The van der Waals surface area contributed by atoms with Gasteiger partial charge in [0, 0.05) is 12.1 Å². The highest BCUT2D eigenvalue weighted by Gasteiger charge is 2.18. The zero-order valence-corrected chi connectivity index (χ0v) is 10.8. The van der Waals surface area contributed by atoms with Gasteiger partial charge in [0.1, 0.15) is 0 Å². The highest BCUT2D eigenvalue weighted by molar-refractivity contribution is 5.98. The van der Waals surface area contributed by atoms with Gasteiger partial charge in [0.05, 0.1) is 12.1 Å². The van der Waals surface area contributed by atoms with Gasteiger partial charge in [-0.1, -0.05) is 0 Å². The van der Waals surface area contributed by atoms with Crippen LogP contribution in [-0.4, -0.2) is 51.7 Å². The standard InChI is InChI=1S/C13H19NO4/c1-13(2,18)8-14(3)7-12(17)9-4-5-10(15)11(16)6-9/h4-6,15-16,18H,7-8H2,1-3H3. The van der Waals surface area contributed by atoms with Gasteiger partial charge in [-0.05, 0) is 39.1 Å². The molecule has 1 rings (SSSR count). The first kappa shape index (κ1) is 14.5. The van der Waals surface area contributed by atoms with Gasteiger partial charge in [-0.2, -0.15) is 0 Å². The van der Waals surface area contributed by atoms with Gasteiger partial charge in [0.2, 0.25) is 0 Å². The Hall–Kier alpha value is -1.59. The maximum absolute atomic E-state index is 11.9. The van der Waals surface area contributed by atoms with Crippen LogP contribution in [0, 0.1) is 0 Å². The van der Waals surface area contributed by atoms with Crippen LogP contribution in [0.15, 0.2) is 18.2 Å². The number of ketones is 1. The number of nitrogens with zero attached hydrogens (tertiary/aromatic N) is 1. The van der Waals surface area contributed by atoms with Crippen LogP contribution in [0.5, 0.6) is 11.5 Å². The first-order valence-electron chi connectivity index (χ1n) is 5.65. The van der Waals surface area contributed by atoms with Crippen LogP contribution in [-0.2, 0) is 0 Å². The van der Waals surface area contributed by atoms with Crippen LogP contribution in [0.4, 0.5) is 0 Å². The zero-order valence-electron chi connectivity index (χ0n) is 10.8. The first-order chi connectivity index (χ1) is 8.19. The van der Waals surface area contributed by atoms with Gasteiger partial charge in [-0.3, -0.25) is 9.69 Å². The fraction of sp³-hybridized carbons (Fsp3) is 0.462. The second-order valence-corrected chi connectivity index (χ2v) is 5.11. The van der Waals surface area contributed by atoms with Crippen molar-refractivity contribution >= 4 is 5.78 Å². The van der Waals surface area contributed by atoms with Crippen molar-refractivity contribution in [2.45, 2.75) is 19.4 Å². The van der Waals surface area contributed by atoms with Crippen LogP contribution in [0.3, 0.4) is 0 Å². The van der Waals surface area contributed by atoms with E-state index in [-0.39, 0.29) is 23.8 Å². The minimum absolute atomic E-state index is 0.133. The van der Waals surface area contributed by atoms with Crippen molar-refractivity contribution in [3.05, 3.63) is 23.8 Å². The minimum atomic E-state index is -0.869. The van der Waals surface area contributed by atoms with E-state index in [0.717, 1.165) is 0 Å². The van der Waals surface area contributed by atoms with E-state index in [0.29, 0.717) is 12.1 Å². The molecule has 0 saturated heterocycles. The Bertz CT molecular complexity index is 437. The summed E-state index contributed by atoms with van der Waals surface area (Å²) in [5.74, 6) is -0.751. The van der Waals surface area contributed by atoms with E-state index in [2.05, 4.69) is 0 Å². The Morgan fingerprint density at radius 2 is 1.89 bits per heavy atom. The molecule has 0 aliphatic carbocycles. The summed E-state index contributed by atoms with van der Waals surface area (Å²) in [6, 6.07) is 3.96. The number of hydrogen-bond donors (Lipinski definition) is 3. The average molecular weight is 253 g/mol. The maximum atomic E-state index is 11.9. The fourth-order valence-corrected chi connectivity index (χ4v) is 1.75. The zero-order chi connectivity index (χ0) is 13.9. The molecule has 100 valence electrons. The van der Waals surface area contributed by atoms with Crippen LogP contribution >= 0.6 is 0 Å². The molecule has 0 radical (unpaired) electrons. The van der Waals surface area contributed by atoms with E-state index >= 15 is 0 Å². The maximum Gasteiger partial charge on any atom is 0.176 e. The number of phenols is 2. The largest absolute Gasteiger partial charge is 0.504 e. The van der Waals surface area contributed by atoms with Crippen LogP contribution < -0.4 is 0 Å². The summed E-state index contributed by atoms with van der Waals surface area (Å²) in [5, 5.41) is 28.1. The van der Waals surface area contributed by atoms with E-state index in [1.54, 1.807) is 25.8 Å². The number of rotatable bonds is 5. The van der Waals surface area contributed by atoms with Crippen molar-refractivity contribution in [1.82, 2.24) is 4.90 Å². The Morgan fingerprint density at radius 1 is 1.28 bits per heavy atom. The van der Waals surface area contributed by atoms with Crippen LogP contribution in [0.25, 0.3) is 0 Å².